The molecule has 0 unspecified atom stereocenters. The van der Waals surface area contributed by atoms with Crippen molar-refractivity contribution in [2.24, 2.45) is 0 Å². The molecule has 0 saturated carbocycles. The molecule has 2 aromatic carbocycles. The molecule has 9 heteroatoms. The number of rotatable bonds is 6. The van der Waals surface area contributed by atoms with E-state index in [0.29, 0.717) is 27.9 Å². The van der Waals surface area contributed by atoms with Gasteiger partial charge in [0.1, 0.15) is 18.9 Å². The summed E-state index contributed by atoms with van der Waals surface area (Å²) in [5, 5.41) is 7.79. The Bertz CT molecular complexity index is 1160. The first-order chi connectivity index (χ1) is 15.5. The van der Waals surface area contributed by atoms with Gasteiger partial charge in [-0.1, -0.05) is 41.9 Å². The van der Waals surface area contributed by atoms with E-state index < -0.39 is 12.0 Å². The average Bonchev–Trinajstić information content (AvgIpc) is 3.27. The van der Waals surface area contributed by atoms with Crippen LogP contribution in [0.2, 0.25) is 5.02 Å². The second kappa shape index (κ2) is 9.23. The minimum atomic E-state index is -0.511. The van der Waals surface area contributed by atoms with E-state index in [0.717, 1.165) is 5.56 Å². The number of fused-ring (bicyclic) bond motifs is 1. The van der Waals surface area contributed by atoms with Gasteiger partial charge in [0.05, 0.1) is 12.2 Å². The lowest BCUT2D eigenvalue weighted by molar-refractivity contribution is -0.139. The first-order valence-electron chi connectivity index (χ1n) is 10.1. The molecule has 1 atom stereocenters. The quantitative estimate of drug-likeness (QED) is 0.573. The number of esters is 1. The zero-order valence-electron chi connectivity index (χ0n) is 17.7. The topological polar surface area (TPSA) is 89.3 Å². The molecule has 32 heavy (non-hydrogen) atoms. The summed E-state index contributed by atoms with van der Waals surface area (Å²) >= 11 is 5.91. The maximum absolute atomic E-state index is 13.0. The number of carbonyl (C=O) groups excluding carboxylic acids is 2. The van der Waals surface area contributed by atoms with E-state index in [9.17, 15) is 9.59 Å². The van der Waals surface area contributed by atoms with Crippen LogP contribution in [0.5, 0.6) is 0 Å². The van der Waals surface area contributed by atoms with Gasteiger partial charge in [-0.15, -0.1) is 0 Å². The Hall–Kier alpha value is -3.65. The molecule has 1 aliphatic rings. The Balaban J connectivity index is 1.71. The molecule has 0 bridgehead atoms. The summed E-state index contributed by atoms with van der Waals surface area (Å²) in [7, 11) is 0. The van der Waals surface area contributed by atoms with Gasteiger partial charge in [-0.3, -0.25) is 4.79 Å². The number of aromatic nitrogens is 3. The Morgan fingerprint density at radius 3 is 2.53 bits per heavy atom. The van der Waals surface area contributed by atoms with Crippen LogP contribution < -0.4 is 10.2 Å². The molecule has 2 heterocycles. The fraction of sp³-hybridized carbons (Fsp3) is 0.217. The molecule has 0 aliphatic carbocycles. The number of amides is 1. The summed E-state index contributed by atoms with van der Waals surface area (Å²) in [4.78, 5) is 31.9. The summed E-state index contributed by atoms with van der Waals surface area (Å²) < 4.78 is 7.00. The van der Waals surface area contributed by atoms with Crippen molar-refractivity contribution in [2.75, 3.05) is 23.4 Å². The summed E-state index contributed by atoms with van der Waals surface area (Å²) in [6.07, 6.45) is 1.41. The van der Waals surface area contributed by atoms with Crippen LogP contribution in [-0.2, 0) is 14.3 Å². The number of hydrogen-bond donors (Lipinski definition) is 1. The third kappa shape index (κ3) is 4.22. The Morgan fingerprint density at radius 1 is 1.12 bits per heavy atom. The van der Waals surface area contributed by atoms with E-state index in [2.05, 4.69) is 15.4 Å². The molecule has 1 aromatic heterocycles. The molecule has 3 aromatic rings. The van der Waals surface area contributed by atoms with Crippen molar-refractivity contribution < 1.29 is 14.3 Å². The summed E-state index contributed by atoms with van der Waals surface area (Å²) in [6.45, 7) is 3.72. The van der Waals surface area contributed by atoms with Crippen LogP contribution >= 0.6 is 11.6 Å². The molecule has 164 valence electrons. The molecule has 0 saturated heterocycles. The largest absolute Gasteiger partial charge is 0.463 e. The van der Waals surface area contributed by atoms with Gasteiger partial charge in [0.15, 0.2) is 0 Å². The SMILES string of the molecule is CCOC(=O)C1=C(C)N(CC(=O)Nc2ccc(Cl)cc2)c2ncnn2[C@H]1c1ccccc1. The van der Waals surface area contributed by atoms with Crippen molar-refractivity contribution in [3.63, 3.8) is 0 Å². The highest BCUT2D eigenvalue weighted by Crippen LogP contribution is 2.38. The van der Waals surface area contributed by atoms with Crippen LogP contribution in [0, 0.1) is 0 Å². The van der Waals surface area contributed by atoms with Gasteiger partial charge in [-0.25, -0.2) is 9.48 Å². The lowest BCUT2D eigenvalue weighted by Gasteiger charge is -2.35. The molecular formula is C23H22ClN5O3. The second-order valence-corrected chi connectivity index (χ2v) is 7.62. The summed E-state index contributed by atoms with van der Waals surface area (Å²) in [5.74, 6) is -0.263. The van der Waals surface area contributed by atoms with Crippen LogP contribution in [-0.4, -0.2) is 39.8 Å². The van der Waals surface area contributed by atoms with Crippen molar-refractivity contribution in [2.45, 2.75) is 19.9 Å². The normalized spacial score (nSPS) is 15.3. The number of nitrogens with one attached hydrogen (secondary N) is 1. The molecule has 1 aliphatic heterocycles. The van der Waals surface area contributed by atoms with Gasteiger partial charge in [-0.2, -0.15) is 10.1 Å². The molecular weight excluding hydrogens is 430 g/mol. The smallest absolute Gasteiger partial charge is 0.338 e. The minimum Gasteiger partial charge on any atom is -0.463 e. The Kier molecular flexibility index (Phi) is 6.23. The fourth-order valence-corrected chi connectivity index (χ4v) is 3.84. The van der Waals surface area contributed by atoms with E-state index in [1.807, 2.05) is 30.3 Å². The van der Waals surface area contributed by atoms with Crippen LogP contribution in [0.4, 0.5) is 11.6 Å². The number of anilines is 2. The van der Waals surface area contributed by atoms with Crippen LogP contribution in [0.3, 0.4) is 0 Å². The zero-order chi connectivity index (χ0) is 22.7. The van der Waals surface area contributed by atoms with Crippen molar-refractivity contribution in [1.29, 1.82) is 0 Å². The number of nitrogens with zero attached hydrogens (tertiary/aromatic N) is 4. The zero-order valence-corrected chi connectivity index (χ0v) is 18.4. The molecule has 0 radical (unpaired) electrons. The minimum absolute atomic E-state index is 0.0580. The predicted molar refractivity (Wildman–Crippen MR) is 121 cm³/mol. The monoisotopic (exact) mass is 451 g/mol. The van der Waals surface area contributed by atoms with Gasteiger partial charge in [0.25, 0.3) is 0 Å². The summed E-state index contributed by atoms with van der Waals surface area (Å²) in [5.41, 5.74) is 2.48. The van der Waals surface area contributed by atoms with Gasteiger partial charge in [-0.05, 0) is 43.7 Å². The molecule has 0 spiro atoms. The van der Waals surface area contributed by atoms with Crippen molar-refractivity contribution in [3.8, 4) is 0 Å². The van der Waals surface area contributed by atoms with Gasteiger partial charge >= 0.3 is 5.97 Å². The van der Waals surface area contributed by atoms with Crippen molar-refractivity contribution >= 4 is 35.1 Å². The molecule has 0 fully saturated rings. The third-order valence-electron chi connectivity index (χ3n) is 5.15. The van der Waals surface area contributed by atoms with Crippen LogP contribution in [0.15, 0.2) is 72.2 Å². The summed E-state index contributed by atoms with van der Waals surface area (Å²) in [6, 6.07) is 15.9. The maximum Gasteiger partial charge on any atom is 0.338 e. The van der Waals surface area contributed by atoms with Gasteiger partial charge in [0, 0.05) is 16.4 Å². The lowest BCUT2D eigenvalue weighted by atomic mass is 9.95. The number of allylic oxidation sites excluding steroid dienone is 1. The van der Waals surface area contributed by atoms with Gasteiger partial charge in [0.2, 0.25) is 11.9 Å². The molecule has 1 amide bonds. The second-order valence-electron chi connectivity index (χ2n) is 7.18. The van der Waals surface area contributed by atoms with Crippen molar-refractivity contribution in [1.82, 2.24) is 14.8 Å². The number of benzene rings is 2. The van der Waals surface area contributed by atoms with Gasteiger partial charge < -0.3 is 15.0 Å². The Labute approximate surface area is 190 Å². The van der Waals surface area contributed by atoms with Crippen LogP contribution in [0.25, 0.3) is 0 Å². The number of ether oxygens (including phenoxy) is 1. The molecule has 8 nitrogen and oxygen atoms in total. The predicted octanol–water partition coefficient (Wildman–Crippen LogP) is 3.82. The highest BCUT2D eigenvalue weighted by Gasteiger charge is 2.38. The van der Waals surface area contributed by atoms with Crippen molar-refractivity contribution in [3.05, 3.63) is 82.8 Å². The van der Waals surface area contributed by atoms with E-state index in [1.54, 1.807) is 47.7 Å². The molecule has 4 rings (SSSR count). The average molecular weight is 452 g/mol. The number of halogens is 1. The number of carbonyl (C=O) groups is 2. The first-order valence-corrected chi connectivity index (χ1v) is 10.5. The highest BCUT2D eigenvalue weighted by molar-refractivity contribution is 6.30. The van der Waals surface area contributed by atoms with E-state index >= 15 is 0 Å². The number of hydrogen-bond acceptors (Lipinski definition) is 6. The maximum atomic E-state index is 13.0. The third-order valence-corrected chi connectivity index (χ3v) is 5.40. The highest BCUT2D eigenvalue weighted by atomic mass is 35.5. The van der Waals surface area contributed by atoms with Crippen LogP contribution in [0.1, 0.15) is 25.5 Å². The van der Waals surface area contributed by atoms with E-state index in [4.69, 9.17) is 16.3 Å². The fourth-order valence-electron chi connectivity index (χ4n) is 3.71. The van der Waals surface area contributed by atoms with E-state index in [1.165, 1.54) is 6.33 Å². The lowest BCUT2D eigenvalue weighted by Crippen LogP contribution is -2.40. The first kappa shape index (κ1) is 21.6. The standard InChI is InChI=1S/C23H22ClN5O3/c1-3-32-22(31)20-15(2)28(13-19(30)27-18-11-9-17(24)10-12-18)23-25-14-26-29(23)21(20)16-7-5-4-6-8-16/h4-12,14,21H,3,13H2,1-2H3,(H,27,30)/t21-/m0/s1. The Morgan fingerprint density at radius 2 is 1.84 bits per heavy atom. The molecule has 1 N–H and O–H groups in total. The van der Waals surface area contributed by atoms with E-state index in [-0.39, 0.29) is 19.1 Å².